The summed E-state index contributed by atoms with van der Waals surface area (Å²) in [4.78, 5) is 1.19. The zero-order chi connectivity index (χ0) is 20.4. The number of hydrogen-bond donors (Lipinski definition) is 2. The van der Waals surface area contributed by atoms with Crippen LogP contribution < -0.4 is 14.8 Å². The number of ether oxygens (including phenoxy) is 1. The molecule has 30 heavy (non-hydrogen) atoms. The smallest absolute Gasteiger partial charge is 0.262 e. The maximum Gasteiger partial charge on any atom is 0.262 e. The molecule has 160 valence electrons. The molecule has 4 rings (SSSR count). The quantitative estimate of drug-likeness (QED) is 0.535. The molecule has 1 aromatic heterocycles. The van der Waals surface area contributed by atoms with Crippen LogP contribution in [0.25, 0.3) is 10.4 Å². The second kappa shape index (κ2) is 9.58. The third-order valence-corrected chi connectivity index (χ3v) is 7.59. The zero-order valence-corrected chi connectivity index (χ0v) is 19.5. The third-order valence-electron chi connectivity index (χ3n) is 4.93. The molecular weight excluding hydrogens is 463 g/mol. The molecule has 0 spiro atoms. The summed E-state index contributed by atoms with van der Waals surface area (Å²) < 4.78 is 34.8. The van der Waals surface area contributed by atoms with Gasteiger partial charge in [0.25, 0.3) is 10.0 Å². The van der Waals surface area contributed by atoms with Gasteiger partial charge >= 0.3 is 0 Å². The van der Waals surface area contributed by atoms with Crippen molar-refractivity contribution in [3.05, 3.63) is 64.0 Å². The van der Waals surface area contributed by atoms with Gasteiger partial charge in [0.05, 0.1) is 22.0 Å². The first-order chi connectivity index (χ1) is 14.0. The minimum atomic E-state index is -3.74. The number of hydrogen-bond acceptors (Lipinski definition) is 5. The Balaban J connectivity index is 0.00000256. The number of thiophene rings is 1. The summed E-state index contributed by atoms with van der Waals surface area (Å²) in [5, 5.41) is 3.36. The van der Waals surface area contributed by atoms with Crippen LogP contribution >= 0.6 is 35.3 Å². The van der Waals surface area contributed by atoms with Crippen LogP contribution in [0.4, 0.5) is 5.69 Å². The van der Waals surface area contributed by atoms with Gasteiger partial charge in [-0.2, -0.15) is 0 Å². The van der Waals surface area contributed by atoms with E-state index in [9.17, 15) is 8.42 Å². The third kappa shape index (κ3) is 4.92. The molecule has 0 radical (unpaired) electrons. The standard InChI is InChI=1S/C21H21ClN2O3S2.ClH/c1-27-19-13-16-9-11-23-10-8-15(16)12-18(19)24-29(25,26)17-4-2-14(3-5-17)20-6-7-21(22)28-20;/h2-7,12-13,23-24H,8-11H2,1H3;1H. The van der Waals surface area contributed by atoms with Crippen molar-refractivity contribution in [2.45, 2.75) is 17.7 Å². The fourth-order valence-corrected chi connectivity index (χ4v) is 5.53. The molecule has 0 amide bonds. The lowest BCUT2D eigenvalue weighted by Crippen LogP contribution is -2.16. The summed E-state index contributed by atoms with van der Waals surface area (Å²) in [7, 11) is -2.19. The van der Waals surface area contributed by atoms with E-state index in [1.54, 1.807) is 31.4 Å². The van der Waals surface area contributed by atoms with Crippen molar-refractivity contribution in [1.82, 2.24) is 5.32 Å². The molecular formula is C21H22Cl2N2O3S2. The maximum absolute atomic E-state index is 13.0. The SMILES string of the molecule is COc1cc2c(cc1NS(=O)(=O)c1ccc(-c3ccc(Cl)s3)cc1)CCNCC2.Cl. The van der Waals surface area contributed by atoms with Crippen LogP contribution in [0.1, 0.15) is 11.1 Å². The van der Waals surface area contributed by atoms with E-state index >= 15 is 0 Å². The molecule has 0 atom stereocenters. The van der Waals surface area contributed by atoms with Crippen LogP contribution in [0, 0.1) is 0 Å². The van der Waals surface area contributed by atoms with E-state index in [1.807, 2.05) is 24.3 Å². The number of benzene rings is 2. The van der Waals surface area contributed by atoms with Crippen molar-refractivity contribution in [3.8, 4) is 16.2 Å². The monoisotopic (exact) mass is 484 g/mol. The Hall–Kier alpha value is -1.77. The molecule has 1 aliphatic heterocycles. The zero-order valence-electron chi connectivity index (χ0n) is 16.3. The lowest BCUT2D eigenvalue weighted by atomic mass is 10.0. The van der Waals surface area contributed by atoms with Crippen molar-refractivity contribution in [2.75, 3.05) is 24.9 Å². The average Bonchev–Trinajstić information content (AvgIpc) is 3.02. The molecule has 0 saturated carbocycles. The molecule has 0 saturated heterocycles. The maximum atomic E-state index is 13.0. The second-order valence-electron chi connectivity index (χ2n) is 6.80. The fourth-order valence-electron chi connectivity index (χ4n) is 3.42. The minimum absolute atomic E-state index is 0. The van der Waals surface area contributed by atoms with Crippen molar-refractivity contribution >= 4 is 51.1 Å². The van der Waals surface area contributed by atoms with Gasteiger partial charge in [0.2, 0.25) is 0 Å². The first-order valence-corrected chi connectivity index (χ1v) is 11.9. The molecule has 2 heterocycles. The van der Waals surface area contributed by atoms with Gasteiger partial charge in [0.15, 0.2) is 0 Å². The summed E-state index contributed by atoms with van der Waals surface area (Å²) in [6.45, 7) is 1.78. The number of methoxy groups -OCH3 is 1. The summed E-state index contributed by atoms with van der Waals surface area (Å²) in [5.74, 6) is 0.527. The highest BCUT2D eigenvalue weighted by molar-refractivity contribution is 7.92. The van der Waals surface area contributed by atoms with E-state index in [0.717, 1.165) is 41.9 Å². The summed E-state index contributed by atoms with van der Waals surface area (Å²) >= 11 is 7.45. The lowest BCUT2D eigenvalue weighted by Gasteiger charge is -2.16. The van der Waals surface area contributed by atoms with E-state index in [0.29, 0.717) is 15.8 Å². The molecule has 0 unspecified atom stereocenters. The molecule has 9 heteroatoms. The summed E-state index contributed by atoms with van der Waals surface area (Å²) in [6, 6.07) is 14.4. The molecule has 5 nitrogen and oxygen atoms in total. The summed E-state index contributed by atoms with van der Waals surface area (Å²) in [6.07, 6.45) is 1.75. The molecule has 1 aliphatic rings. The number of nitrogens with one attached hydrogen (secondary N) is 2. The van der Waals surface area contributed by atoms with Crippen molar-refractivity contribution in [3.63, 3.8) is 0 Å². The van der Waals surface area contributed by atoms with Gasteiger partial charge in [-0.15, -0.1) is 23.7 Å². The Kier molecular flexibility index (Phi) is 7.31. The highest BCUT2D eigenvalue weighted by atomic mass is 35.5. The largest absolute Gasteiger partial charge is 0.495 e. The topological polar surface area (TPSA) is 67.4 Å². The number of anilines is 1. The molecule has 2 N–H and O–H groups in total. The second-order valence-corrected chi connectivity index (χ2v) is 10.2. The first-order valence-electron chi connectivity index (χ1n) is 9.25. The van der Waals surface area contributed by atoms with E-state index in [4.69, 9.17) is 16.3 Å². The van der Waals surface area contributed by atoms with Gasteiger partial charge in [-0.1, -0.05) is 23.7 Å². The highest BCUT2D eigenvalue weighted by Crippen LogP contribution is 2.33. The van der Waals surface area contributed by atoms with Gasteiger partial charge in [-0.3, -0.25) is 4.72 Å². The van der Waals surface area contributed by atoms with Crippen molar-refractivity contribution in [2.24, 2.45) is 0 Å². The van der Waals surface area contributed by atoms with Crippen LogP contribution in [0.3, 0.4) is 0 Å². The van der Waals surface area contributed by atoms with E-state index in [1.165, 1.54) is 16.9 Å². The van der Waals surface area contributed by atoms with Crippen LogP contribution in [0.15, 0.2) is 53.4 Å². The fraction of sp³-hybridized carbons (Fsp3) is 0.238. The number of fused-ring (bicyclic) bond motifs is 1. The van der Waals surface area contributed by atoms with Crippen LogP contribution in [0.5, 0.6) is 5.75 Å². The van der Waals surface area contributed by atoms with E-state index in [2.05, 4.69) is 10.0 Å². The first kappa shape index (κ1) is 22.9. The molecule has 3 aromatic rings. The Morgan fingerprint density at radius 2 is 1.70 bits per heavy atom. The van der Waals surface area contributed by atoms with Crippen molar-refractivity contribution < 1.29 is 13.2 Å². The van der Waals surface area contributed by atoms with E-state index < -0.39 is 10.0 Å². The highest BCUT2D eigenvalue weighted by Gasteiger charge is 2.19. The number of halogens is 2. The summed E-state index contributed by atoms with van der Waals surface area (Å²) in [5.41, 5.74) is 3.71. The van der Waals surface area contributed by atoms with Gasteiger partial charge in [0.1, 0.15) is 5.75 Å². The Labute approximate surface area is 191 Å². The normalized spacial score (nSPS) is 13.7. The van der Waals surface area contributed by atoms with Crippen LogP contribution in [-0.2, 0) is 22.9 Å². The molecule has 0 fully saturated rings. The molecule has 2 aromatic carbocycles. The lowest BCUT2D eigenvalue weighted by molar-refractivity contribution is 0.416. The van der Waals surface area contributed by atoms with Gasteiger partial charge in [-0.05, 0) is 79.0 Å². The predicted molar refractivity (Wildman–Crippen MR) is 126 cm³/mol. The minimum Gasteiger partial charge on any atom is -0.495 e. The van der Waals surface area contributed by atoms with E-state index in [-0.39, 0.29) is 17.3 Å². The number of sulfonamides is 1. The van der Waals surface area contributed by atoms with Gasteiger partial charge < -0.3 is 10.1 Å². The molecule has 0 bridgehead atoms. The van der Waals surface area contributed by atoms with Gasteiger partial charge in [-0.25, -0.2) is 8.42 Å². The van der Waals surface area contributed by atoms with Gasteiger partial charge in [0, 0.05) is 4.88 Å². The average molecular weight is 485 g/mol. The Bertz CT molecular complexity index is 1130. The molecule has 0 aliphatic carbocycles. The van der Waals surface area contributed by atoms with Crippen LogP contribution in [0.2, 0.25) is 4.34 Å². The Morgan fingerprint density at radius 1 is 1.03 bits per heavy atom. The Morgan fingerprint density at radius 3 is 2.30 bits per heavy atom. The van der Waals surface area contributed by atoms with Crippen molar-refractivity contribution in [1.29, 1.82) is 0 Å². The number of rotatable bonds is 5. The van der Waals surface area contributed by atoms with Crippen LogP contribution in [-0.4, -0.2) is 28.6 Å². The predicted octanol–water partition coefficient (Wildman–Crippen LogP) is 4.99.